The summed E-state index contributed by atoms with van der Waals surface area (Å²) in [6.45, 7) is 5.09. The van der Waals surface area contributed by atoms with Crippen LogP contribution in [0.4, 0.5) is 0 Å². The molecule has 1 fully saturated rings. The van der Waals surface area contributed by atoms with Crippen molar-refractivity contribution in [2.24, 2.45) is 18.2 Å². The fourth-order valence-electron chi connectivity index (χ4n) is 2.09. The monoisotopic (exact) mass is 236 g/mol. The van der Waals surface area contributed by atoms with E-state index in [4.69, 9.17) is 5.73 Å². The highest BCUT2D eigenvalue weighted by atomic mass is 16.1. The van der Waals surface area contributed by atoms with Crippen LogP contribution in [0.15, 0.2) is 0 Å². The second kappa shape index (κ2) is 4.14. The molecule has 94 valence electrons. The van der Waals surface area contributed by atoms with Gasteiger partial charge in [0.25, 0.3) is 5.91 Å². The van der Waals surface area contributed by atoms with E-state index in [-0.39, 0.29) is 11.3 Å². The fourth-order valence-corrected chi connectivity index (χ4v) is 2.09. The molecule has 1 aromatic heterocycles. The van der Waals surface area contributed by atoms with Crippen molar-refractivity contribution in [2.45, 2.75) is 26.7 Å². The molecule has 0 aliphatic heterocycles. The first-order chi connectivity index (χ1) is 7.99. The van der Waals surface area contributed by atoms with Gasteiger partial charge in [0.1, 0.15) is 0 Å². The first kappa shape index (κ1) is 12.1. The number of carbonyl (C=O) groups excluding carboxylic acids is 1. The average molecular weight is 236 g/mol. The number of hydrogen-bond acceptors (Lipinski definition) is 3. The summed E-state index contributed by atoms with van der Waals surface area (Å²) >= 11 is 0. The molecule has 0 unspecified atom stereocenters. The van der Waals surface area contributed by atoms with Crippen LogP contribution in [0.3, 0.4) is 0 Å². The fraction of sp³-hybridized carbons (Fsp3) is 0.667. The maximum atomic E-state index is 12.1. The molecule has 0 spiro atoms. The first-order valence-electron chi connectivity index (χ1n) is 5.97. The number of rotatable bonds is 4. The van der Waals surface area contributed by atoms with Crippen LogP contribution in [0.25, 0.3) is 0 Å². The standard InChI is InChI=1S/C12H20N4O/c1-8-10(9(2)16(3)15-8)11(17)14-7-12(6-13)4-5-12/h4-7,13H2,1-3H3,(H,14,17). The molecule has 1 aliphatic carbocycles. The number of nitrogens with zero attached hydrogens (tertiary/aromatic N) is 2. The molecule has 0 aromatic carbocycles. The van der Waals surface area contributed by atoms with Gasteiger partial charge in [-0.1, -0.05) is 0 Å². The zero-order valence-corrected chi connectivity index (χ0v) is 10.7. The van der Waals surface area contributed by atoms with E-state index in [0.29, 0.717) is 18.7 Å². The van der Waals surface area contributed by atoms with E-state index in [1.807, 2.05) is 20.9 Å². The van der Waals surface area contributed by atoms with Gasteiger partial charge in [-0.15, -0.1) is 0 Å². The van der Waals surface area contributed by atoms with Gasteiger partial charge in [0.2, 0.25) is 0 Å². The van der Waals surface area contributed by atoms with Gasteiger partial charge in [0, 0.05) is 24.7 Å². The SMILES string of the molecule is Cc1nn(C)c(C)c1C(=O)NCC1(CN)CC1. The van der Waals surface area contributed by atoms with E-state index in [1.54, 1.807) is 4.68 Å². The normalized spacial score (nSPS) is 16.9. The van der Waals surface area contributed by atoms with Crippen molar-refractivity contribution in [1.29, 1.82) is 0 Å². The molecule has 17 heavy (non-hydrogen) atoms. The van der Waals surface area contributed by atoms with Gasteiger partial charge < -0.3 is 11.1 Å². The maximum Gasteiger partial charge on any atom is 0.255 e. The summed E-state index contributed by atoms with van der Waals surface area (Å²) in [6.07, 6.45) is 2.24. The number of nitrogens with two attached hydrogens (primary N) is 1. The number of amides is 1. The molecule has 1 amide bonds. The minimum Gasteiger partial charge on any atom is -0.351 e. The molecule has 0 saturated heterocycles. The third-order valence-electron chi connectivity index (χ3n) is 3.75. The molecule has 1 heterocycles. The number of carbonyl (C=O) groups is 1. The van der Waals surface area contributed by atoms with Crippen molar-refractivity contribution >= 4 is 5.91 Å². The summed E-state index contributed by atoms with van der Waals surface area (Å²) in [7, 11) is 1.85. The highest BCUT2D eigenvalue weighted by molar-refractivity contribution is 5.96. The molecule has 1 aromatic rings. The molecular weight excluding hydrogens is 216 g/mol. The molecule has 5 nitrogen and oxygen atoms in total. The zero-order chi connectivity index (χ0) is 12.6. The molecular formula is C12H20N4O. The van der Waals surface area contributed by atoms with Crippen molar-refractivity contribution in [1.82, 2.24) is 15.1 Å². The van der Waals surface area contributed by atoms with Crippen LogP contribution in [0.1, 0.15) is 34.6 Å². The van der Waals surface area contributed by atoms with E-state index < -0.39 is 0 Å². The van der Waals surface area contributed by atoms with Crippen molar-refractivity contribution in [3.63, 3.8) is 0 Å². The maximum absolute atomic E-state index is 12.1. The van der Waals surface area contributed by atoms with E-state index in [0.717, 1.165) is 24.2 Å². The van der Waals surface area contributed by atoms with E-state index >= 15 is 0 Å². The Hall–Kier alpha value is -1.36. The van der Waals surface area contributed by atoms with Crippen LogP contribution in [0, 0.1) is 19.3 Å². The third-order valence-corrected chi connectivity index (χ3v) is 3.75. The lowest BCUT2D eigenvalue weighted by Crippen LogP contribution is -2.34. The summed E-state index contributed by atoms with van der Waals surface area (Å²) in [5.74, 6) is -0.0344. The van der Waals surface area contributed by atoms with E-state index in [9.17, 15) is 4.79 Å². The Kier molecular flexibility index (Phi) is 2.95. The summed E-state index contributed by atoms with van der Waals surface area (Å²) in [5, 5.41) is 7.22. The molecule has 2 rings (SSSR count). The van der Waals surface area contributed by atoms with Gasteiger partial charge in [-0.25, -0.2) is 0 Å². The van der Waals surface area contributed by atoms with Crippen molar-refractivity contribution in [3.8, 4) is 0 Å². The van der Waals surface area contributed by atoms with Crippen LogP contribution in [0.2, 0.25) is 0 Å². The number of nitrogens with one attached hydrogen (secondary N) is 1. The zero-order valence-electron chi connectivity index (χ0n) is 10.7. The Labute approximate surface area is 101 Å². The van der Waals surface area contributed by atoms with E-state index in [1.165, 1.54) is 0 Å². The van der Waals surface area contributed by atoms with Crippen LogP contribution >= 0.6 is 0 Å². The Morgan fingerprint density at radius 1 is 1.53 bits per heavy atom. The summed E-state index contributed by atoms with van der Waals surface area (Å²) in [4.78, 5) is 12.1. The van der Waals surface area contributed by atoms with Gasteiger partial charge in [-0.05, 0) is 33.2 Å². The molecule has 5 heteroatoms. The molecule has 3 N–H and O–H groups in total. The third kappa shape index (κ3) is 2.20. The number of aromatic nitrogens is 2. The smallest absolute Gasteiger partial charge is 0.255 e. The Bertz CT molecular complexity index is 446. The molecule has 1 aliphatic rings. The lowest BCUT2D eigenvalue weighted by molar-refractivity contribution is 0.0944. The second-order valence-electron chi connectivity index (χ2n) is 5.06. The molecule has 1 saturated carbocycles. The molecule has 0 atom stereocenters. The predicted molar refractivity (Wildman–Crippen MR) is 65.7 cm³/mol. The Morgan fingerprint density at radius 3 is 2.59 bits per heavy atom. The van der Waals surface area contributed by atoms with Crippen molar-refractivity contribution in [3.05, 3.63) is 17.0 Å². The largest absolute Gasteiger partial charge is 0.351 e. The number of hydrogen-bond donors (Lipinski definition) is 2. The minimum absolute atomic E-state index is 0.0344. The quantitative estimate of drug-likeness (QED) is 0.800. The van der Waals surface area contributed by atoms with E-state index in [2.05, 4.69) is 10.4 Å². The predicted octanol–water partition coefficient (Wildman–Crippen LogP) is 0.506. The lowest BCUT2D eigenvalue weighted by atomic mass is 10.1. The molecule has 0 radical (unpaired) electrons. The van der Waals surface area contributed by atoms with Gasteiger partial charge in [0.15, 0.2) is 0 Å². The van der Waals surface area contributed by atoms with Crippen molar-refractivity contribution in [2.75, 3.05) is 13.1 Å². The highest BCUT2D eigenvalue weighted by Crippen LogP contribution is 2.43. The summed E-state index contributed by atoms with van der Waals surface area (Å²) < 4.78 is 1.74. The van der Waals surface area contributed by atoms with Gasteiger partial charge in [0.05, 0.1) is 11.3 Å². The lowest BCUT2D eigenvalue weighted by Gasteiger charge is -2.13. The van der Waals surface area contributed by atoms with Gasteiger partial charge >= 0.3 is 0 Å². The first-order valence-corrected chi connectivity index (χ1v) is 5.97. The van der Waals surface area contributed by atoms with Crippen molar-refractivity contribution < 1.29 is 4.79 Å². The summed E-state index contributed by atoms with van der Waals surface area (Å²) in [6, 6.07) is 0. The van der Waals surface area contributed by atoms with Crippen LogP contribution in [-0.4, -0.2) is 28.8 Å². The topological polar surface area (TPSA) is 72.9 Å². The second-order valence-corrected chi connectivity index (χ2v) is 5.06. The average Bonchev–Trinajstić information content (AvgIpc) is 3.02. The van der Waals surface area contributed by atoms with Crippen LogP contribution in [-0.2, 0) is 7.05 Å². The van der Waals surface area contributed by atoms with Gasteiger partial charge in [-0.3, -0.25) is 9.48 Å². The minimum atomic E-state index is -0.0344. The Morgan fingerprint density at radius 2 is 2.18 bits per heavy atom. The highest BCUT2D eigenvalue weighted by Gasteiger charge is 2.41. The summed E-state index contributed by atoms with van der Waals surface area (Å²) in [5.41, 5.74) is 8.23. The Balaban J connectivity index is 2.05. The van der Waals surface area contributed by atoms with Gasteiger partial charge in [-0.2, -0.15) is 5.10 Å². The number of aryl methyl sites for hydroxylation is 2. The van der Waals surface area contributed by atoms with Crippen LogP contribution < -0.4 is 11.1 Å². The molecule has 0 bridgehead atoms. The van der Waals surface area contributed by atoms with Crippen LogP contribution in [0.5, 0.6) is 0 Å².